The van der Waals surface area contributed by atoms with Gasteiger partial charge in [0, 0.05) is 31.0 Å². The molecule has 0 amide bonds. The number of nitrogens with one attached hydrogen (secondary N) is 1. The van der Waals surface area contributed by atoms with Gasteiger partial charge in [-0.15, -0.1) is 10.2 Å². The normalized spacial score (nSPS) is 16.8. The summed E-state index contributed by atoms with van der Waals surface area (Å²) < 4.78 is 1.75. The number of fused-ring (bicyclic) bond motifs is 1. The molecule has 4 aromatic rings. The topological polar surface area (TPSA) is 121 Å². The Morgan fingerprint density at radius 1 is 1.22 bits per heavy atom. The Balaban J connectivity index is 1.43. The lowest BCUT2D eigenvalue weighted by Crippen LogP contribution is -2.37. The molecule has 0 aliphatic carbocycles. The van der Waals surface area contributed by atoms with Crippen molar-refractivity contribution < 1.29 is 0 Å². The largest absolute Gasteiger partial charge is 0.398 e. The van der Waals surface area contributed by atoms with Gasteiger partial charge in [0.05, 0.1) is 34.2 Å². The number of likely N-dealkylation sites (N-methyl/N-ethyl adjacent to an activating group) is 1. The number of nitrogens with zero attached hydrogens (tertiary/aromatic N) is 7. The van der Waals surface area contributed by atoms with E-state index in [1.165, 1.54) is 12.8 Å². The van der Waals surface area contributed by atoms with Gasteiger partial charge < -0.3 is 16.0 Å². The SMILES string of the molecule is CNC1CCCCN(c2nnc(-c3cnc(-c4ccc5cc(C#N)cnn45)cc3N)s2)C1. The molecule has 0 saturated carbocycles. The van der Waals surface area contributed by atoms with Crippen molar-refractivity contribution >= 4 is 27.7 Å². The lowest BCUT2D eigenvalue weighted by molar-refractivity contribution is 0.532. The highest BCUT2D eigenvalue weighted by Crippen LogP contribution is 2.34. The Morgan fingerprint density at radius 3 is 2.94 bits per heavy atom. The van der Waals surface area contributed by atoms with E-state index in [1.54, 1.807) is 34.3 Å². The maximum absolute atomic E-state index is 9.08. The molecule has 162 valence electrons. The van der Waals surface area contributed by atoms with Crippen LogP contribution in [0.25, 0.3) is 27.5 Å². The van der Waals surface area contributed by atoms with Crippen molar-refractivity contribution in [2.45, 2.75) is 25.3 Å². The summed E-state index contributed by atoms with van der Waals surface area (Å²) >= 11 is 1.55. The maximum atomic E-state index is 9.08. The number of nitrogen functional groups attached to an aromatic ring is 1. The fourth-order valence-corrected chi connectivity index (χ4v) is 4.96. The molecule has 0 radical (unpaired) electrons. The van der Waals surface area contributed by atoms with Crippen LogP contribution in [0.5, 0.6) is 0 Å². The van der Waals surface area contributed by atoms with Gasteiger partial charge in [0.2, 0.25) is 5.13 Å². The molecule has 1 unspecified atom stereocenters. The van der Waals surface area contributed by atoms with Gasteiger partial charge in [-0.05, 0) is 44.2 Å². The summed E-state index contributed by atoms with van der Waals surface area (Å²) in [6.45, 7) is 1.92. The fraction of sp³-hybridized carbons (Fsp3) is 0.318. The highest BCUT2D eigenvalue weighted by Gasteiger charge is 2.21. The molecular formula is C22H23N9S. The fourth-order valence-electron chi connectivity index (χ4n) is 4.05. The third kappa shape index (κ3) is 3.77. The molecule has 5 heterocycles. The van der Waals surface area contributed by atoms with Crippen molar-refractivity contribution in [3.8, 4) is 28.0 Å². The van der Waals surface area contributed by atoms with E-state index in [0.717, 1.165) is 46.4 Å². The van der Waals surface area contributed by atoms with E-state index in [4.69, 9.17) is 11.0 Å². The minimum Gasteiger partial charge on any atom is -0.398 e. The molecular weight excluding hydrogens is 422 g/mol. The van der Waals surface area contributed by atoms with Crippen molar-refractivity contribution in [1.29, 1.82) is 5.26 Å². The summed E-state index contributed by atoms with van der Waals surface area (Å²) in [6.07, 6.45) is 6.83. The average Bonchev–Trinajstić information content (AvgIpc) is 3.40. The van der Waals surface area contributed by atoms with Crippen LogP contribution >= 0.6 is 11.3 Å². The summed E-state index contributed by atoms with van der Waals surface area (Å²) in [6, 6.07) is 10.0. The molecule has 4 aromatic heterocycles. The van der Waals surface area contributed by atoms with Gasteiger partial charge >= 0.3 is 0 Å². The van der Waals surface area contributed by atoms with Gasteiger partial charge in [-0.3, -0.25) is 4.98 Å². The molecule has 0 aromatic carbocycles. The van der Waals surface area contributed by atoms with Gasteiger partial charge in [-0.1, -0.05) is 17.8 Å². The maximum Gasteiger partial charge on any atom is 0.208 e. The zero-order chi connectivity index (χ0) is 22.1. The molecule has 1 aliphatic rings. The van der Waals surface area contributed by atoms with Crippen molar-refractivity contribution in [1.82, 2.24) is 30.1 Å². The molecule has 32 heavy (non-hydrogen) atoms. The van der Waals surface area contributed by atoms with E-state index < -0.39 is 0 Å². The van der Waals surface area contributed by atoms with E-state index in [2.05, 4.69) is 36.6 Å². The van der Waals surface area contributed by atoms with Crippen LogP contribution in [0.2, 0.25) is 0 Å². The third-order valence-corrected chi connectivity index (χ3v) is 6.84. The standard InChI is InChI=1S/C22H23N9S/c1-25-15-4-2-3-7-30(13-15)22-29-28-21(32-22)17-12-26-19(9-18(17)24)20-6-5-16-8-14(10-23)11-27-31(16)20/h5-6,8-9,11-12,15,25H,2-4,7,13H2,1H3,(H2,24,26). The van der Waals surface area contributed by atoms with Crippen molar-refractivity contribution in [2.24, 2.45) is 0 Å². The van der Waals surface area contributed by atoms with Crippen LogP contribution in [0.15, 0.2) is 36.7 Å². The number of hydrogen-bond acceptors (Lipinski definition) is 9. The summed E-state index contributed by atoms with van der Waals surface area (Å²) in [4.78, 5) is 6.93. The van der Waals surface area contributed by atoms with E-state index >= 15 is 0 Å². The van der Waals surface area contributed by atoms with E-state index in [9.17, 15) is 0 Å². The first kappa shape index (κ1) is 20.4. The van der Waals surface area contributed by atoms with Gasteiger partial charge in [-0.25, -0.2) is 4.52 Å². The van der Waals surface area contributed by atoms with Crippen LogP contribution in [0.3, 0.4) is 0 Å². The van der Waals surface area contributed by atoms with Crippen LogP contribution in [0, 0.1) is 11.3 Å². The highest BCUT2D eigenvalue weighted by molar-refractivity contribution is 7.18. The van der Waals surface area contributed by atoms with Crippen LogP contribution in [0.1, 0.15) is 24.8 Å². The van der Waals surface area contributed by atoms with Crippen LogP contribution in [-0.4, -0.2) is 51.0 Å². The first-order valence-electron chi connectivity index (χ1n) is 10.6. The molecule has 1 atom stereocenters. The number of nitrogens with two attached hydrogens (primary N) is 1. The van der Waals surface area contributed by atoms with Gasteiger partial charge in [0.25, 0.3) is 0 Å². The molecule has 0 bridgehead atoms. The predicted molar refractivity (Wildman–Crippen MR) is 125 cm³/mol. The smallest absolute Gasteiger partial charge is 0.208 e. The molecule has 3 N–H and O–H groups in total. The summed E-state index contributed by atoms with van der Waals surface area (Å²) in [5.41, 5.74) is 10.6. The third-order valence-electron chi connectivity index (χ3n) is 5.82. The first-order valence-corrected chi connectivity index (χ1v) is 11.4. The predicted octanol–water partition coefficient (Wildman–Crippen LogP) is 2.95. The number of hydrogen-bond donors (Lipinski definition) is 2. The lowest BCUT2D eigenvalue weighted by atomic mass is 10.1. The van der Waals surface area contributed by atoms with Gasteiger partial charge in [-0.2, -0.15) is 10.4 Å². The molecule has 5 rings (SSSR count). The average molecular weight is 446 g/mol. The molecule has 10 heteroatoms. The summed E-state index contributed by atoms with van der Waals surface area (Å²) in [7, 11) is 2.01. The highest BCUT2D eigenvalue weighted by atomic mass is 32.1. The van der Waals surface area contributed by atoms with Crippen molar-refractivity contribution in [3.63, 3.8) is 0 Å². The second kappa shape index (κ2) is 8.53. The monoisotopic (exact) mass is 445 g/mol. The Labute approximate surface area is 189 Å². The van der Waals surface area contributed by atoms with Crippen molar-refractivity contribution in [2.75, 3.05) is 30.8 Å². The molecule has 9 nitrogen and oxygen atoms in total. The number of anilines is 2. The van der Waals surface area contributed by atoms with Crippen molar-refractivity contribution in [3.05, 3.63) is 42.2 Å². The zero-order valence-electron chi connectivity index (χ0n) is 17.7. The minimum atomic E-state index is 0.464. The first-order chi connectivity index (χ1) is 15.7. The number of rotatable bonds is 4. The number of pyridine rings is 1. The van der Waals surface area contributed by atoms with Gasteiger partial charge in [0.1, 0.15) is 6.07 Å². The Kier molecular flexibility index (Phi) is 5.43. The Morgan fingerprint density at radius 2 is 2.12 bits per heavy atom. The van der Waals surface area contributed by atoms with E-state index in [1.807, 2.05) is 25.2 Å². The summed E-state index contributed by atoms with van der Waals surface area (Å²) in [5, 5.41) is 27.3. The molecule has 1 fully saturated rings. The summed E-state index contributed by atoms with van der Waals surface area (Å²) in [5.74, 6) is 0. The van der Waals surface area contributed by atoms with E-state index in [0.29, 0.717) is 23.0 Å². The van der Waals surface area contributed by atoms with E-state index in [-0.39, 0.29) is 0 Å². The Hall–Kier alpha value is -3.55. The quantitative estimate of drug-likeness (QED) is 0.492. The zero-order valence-corrected chi connectivity index (χ0v) is 18.5. The Bertz CT molecular complexity index is 1300. The minimum absolute atomic E-state index is 0.464. The molecule has 1 aliphatic heterocycles. The molecule has 0 spiro atoms. The lowest BCUT2D eigenvalue weighted by Gasteiger charge is -2.22. The van der Waals surface area contributed by atoms with Gasteiger partial charge in [0.15, 0.2) is 5.01 Å². The van der Waals surface area contributed by atoms with Crippen LogP contribution in [-0.2, 0) is 0 Å². The van der Waals surface area contributed by atoms with Crippen LogP contribution < -0.4 is 16.0 Å². The number of aromatic nitrogens is 5. The second-order valence-corrected chi connectivity index (χ2v) is 8.84. The second-order valence-electron chi connectivity index (χ2n) is 7.89. The van der Waals surface area contributed by atoms with Crippen LogP contribution in [0.4, 0.5) is 10.8 Å². The molecule has 1 saturated heterocycles. The number of nitriles is 1.